The predicted molar refractivity (Wildman–Crippen MR) is 84.9 cm³/mol. The maximum absolute atomic E-state index is 6.22. The predicted octanol–water partition coefficient (Wildman–Crippen LogP) is 5.11. The molecule has 2 aromatic rings. The van der Waals surface area contributed by atoms with E-state index in [2.05, 4.69) is 55.9 Å². The fourth-order valence-electron chi connectivity index (χ4n) is 2.53. The number of hydrogen-bond donors (Lipinski definition) is 0. The summed E-state index contributed by atoms with van der Waals surface area (Å²) in [5, 5.41) is 0.665. The molecule has 0 aliphatic carbocycles. The van der Waals surface area contributed by atoms with Crippen molar-refractivity contribution >= 4 is 23.2 Å². The molecule has 0 radical (unpaired) electrons. The van der Waals surface area contributed by atoms with E-state index in [-0.39, 0.29) is 11.2 Å². The zero-order chi connectivity index (χ0) is 14.9. The number of aryl methyl sites for hydroxylation is 2. The molecular weight excluding hydrogens is 291 g/mol. The van der Waals surface area contributed by atoms with E-state index in [1.165, 1.54) is 16.7 Å². The second-order valence-corrected chi connectivity index (χ2v) is 6.17. The molecule has 0 saturated carbocycles. The molecule has 4 heteroatoms. The lowest BCUT2D eigenvalue weighted by atomic mass is 9.97. The van der Waals surface area contributed by atoms with Crippen LogP contribution in [-0.2, 0) is 6.42 Å². The summed E-state index contributed by atoms with van der Waals surface area (Å²) in [4.78, 5) is 8.43. The molecule has 0 atom stereocenters. The van der Waals surface area contributed by atoms with Crippen molar-refractivity contribution in [1.29, 1.82) is 0 Å². The summed E-state index contributed by atoms with van der Waals surface area (Å²) in [6.07, 6.45) is 0.720. The van der Waals surface area contributed by atoms with E-state index in [1.807, 2.05) is 0 Å². The number of halogens is 2. The van der Waals surface area contributed by atoms with Crippen LogP contribution in [0, 0.1) is 13.8 Å². The molecular formula is C16H18Cl2N2. The average Bonchev–Trinajstić information content (AvgIpc) is 2.25. The summed E-state index contributed by atoms with van der Waals surface area (Å²) in [6, 6.07) is 6.49. The van der Waals surface area contributed by atoms with Crippen molar-refractivity contribution in [2.45, 2.75) is 40.0 Å². The van der Waals surface area contributed by atoms with Crippen LogP contribution in [0.4, 0.5) is 0 Å². The number of nitrogens with zero attached hydrogens (tertiary/aromatic N) is 2. The van der Waals surface area contributed by atoms with Gasteiger partial charge >= 0.3 is 0 Å². The van der Waals surface area contributed by atoms with Gasteiger partial charge < -0.3 is 0 Å². The van der Waals surface area contributed by atoms with Crippen LogP contribution in [0.15, 0.2) is 18.2 Å². The molecule has 0 bridgehead atoms. The Kier molecular flexibility index (Phi) is 4.66. The molecule has 0 aliphatic heterocycles. The minimum absolute atomic E-state index is 0.207. The van der Waals surface area contributed by atoms with E-state index >= 15 is 0 Å². The van der Waals surface area contributed by atoms with Gasteiger partial charge in [0.15, 0.2) is 0 Å². The van der Waals surface area contributed by atoms with Gasteiger partial charge in [-0.2, -0.15) is 0 Å². The first kappa shape index (κ1) is 15.3. The molecule has 106 valence electrons. The smallest absolute Gasteiger partial charge is 0.222 e. The van der Waals surface area contributed by atoms with Crippen LogP contribution in [0.5, 0.6) is 0 Å². The van der Waals surface area contributed by atoms with Crippen LogP contribution >= 0.6 is 23.2 Å². The fraction of sp³-hybridized carbons (Fsp3) is 0.375. The summed E-state index contributed by atoms with van der Waals surface area (Å²) in [7, 11) is 0. The van der Waals surface area contributed by atoms with Crippen molar-refractivity contribution in [3.05, 3.63) is 56.6 Å². The standard InChI is InChI=1S/C16H18Cl2N2/c1-9(2)14-13(19-16(18)20-15(14)17)8-12-6-10(3)5-11(4)7-12/h5-7,9H,8H2,1-4H3. The monoisotopic (exact) mass is 308 g/mol. The third kappa shape index (κ3) is 3.50. The van der Waals surface area contributed by atoms with Gasteiger partial charge in [-0.15, -0.1) is 0 Å². The Hall–Kier alpha value is -1.12. The van der Waals surface area contributed by atoms with Crippen molar-refractivity contribution in [2.75, 3.05) is 0 Å². The van der Waals surface area contributed by atoms with Crippen LogP contribution in [-0.4, -0.2) is 9.97 Å². The van der Waals surface area contributed by atoms with E-state index < -0.39 is 0 Å². The molecule has 0 aliphatic rings. The zero-order valence-electron chi connectivity index (χ0n) is 12.2. The van der Waals surface area contributed by atoms with E-state index in [0.29, 0.717) is 5.15 Å². The van der Waals surface area contributed by atoms with Gasteiger partial charge in [0.2, 0.25) is 5.28 Å². The molecule has 0 saturated heterocycles. The highest BCUT2D eigenvalue weighted by atomic mass is 35.5. The van der Waals surface area contributed by atoms with Gasteiger partial charge in [0.25, 0.3) is 0 Å². The molecule has 0 fully saturated rings. The Balaban J connectivity index is 2.47. The van der Waals surface area contributed by atoms with Gasteiger partial charge in [0.1, 0.15) is 5.15 Å². The molecule has 1 aromatic carbocycles. The highest BCUT2D eigenvalue weighted by Crippen LogP contribution is 2.28. The Bertz CT molecular complexity index is 616. The van der Waals surface area contributed by atoms with Gasteiger partial charge in [0.05, 0.1) is 5.69 Å². The number of rotatable bonds is 3. The van der Waals surface area contributed by atoms with Crippen LogP contribution in [0.1, 0.15) is 47.7 Å². The Morgan fingerprint density at radius 1 is 1.00 bits per heavy atom. The molecule has 0 N–H and O–H groups in total. The minimum Gasteiger partial charge on any atom is -0.222 e. The third-order valence-electron chi connectivity index (χ3n) is 3.18. The fourth-order valence-corrected chi connectivity index (χ4v) is 3.16. The van der Waals surface area contributed by atoms with Crippen molar-refractivity contribution in [3.8, 4) is 0 Å². The van der Waals surface area contributed by atoms with Crippen molar-refractivity contribution in [2.24, 2.45) is 0 Å². The normalized spacial score (nSPS) is 11.2. The molecule has 2 rings (SSSR count). The Labute approximate surface area is 130 Å². The summed E-state index contributed by atoms with van der Waals surface area (Å²) in [5.74, 6) is 0.265. The van der Waals surface area contributed by atoms with Crippen molar-refractivity contribution in [1.82, 2.24) is 9.97 Å². The maximum Gasteiger partial charge on any atom is 0.224 e. The van der Waals surface area contributed by atoms with Crippen molar-refractivity contribution < 1.29 is 0 Å². The van der Waals surface area contributed by atoms with Gasteiger partial charge in [-0.25, -0.2) is 9.97 Å². The average molecular weight is 309 g/mol. The molecule has 1 heterocycles. The van der Waals surface area contributed by atoms with Crippen molar-refractivity contribution in [3.63, 3.8) is 0 Å². The summed E-state index contributed by atoms with van der Waals surface area (Å²) < 4.78 is 0. The van der Waals surface area contributed by atoms with E-state index in [0.717, 1.165) is 17.7 Å². The summed E-state index contributed by atoms with van der Waals surface area (Å²) >= 11 is 12.2. The van der Waals surface area contributed by atoms with E-state index in [1.54, 1.807) is 0 Å². The largest absolute Gasteiger partial charge is 0.224 e. The first-order chi connectivity index (χ1) is 9.36. The van der Waals surface area contributed by atoms with Crippen LogP contribution in [0.25, 0.3) is 0 Å². The van der Waals surface area contributed by atoms with Gasteiger partial charge in [-0.05, 0) is 36.9 Å². The van der Waals surface area contributed by atoms with Gasteiger partial charge in [-0.1, -0.05) is 54.8 Å². The second-order valence-electron chi connectivity index (χ2n) is 5.47. The molecule has 0 amide bonds. The summed E-state index contributed by atoms with van der Waals surface area (Å²) in [6.45, 7) is 8.37. The number of hydrogen-bond acceptors (Lipinski definition) is 2. The SMILES string of the molecule is Cc1cc(C)cc(Cc2nc(Cl)nc(Cl)c2C(C)C)c1. The first-order valence-corrected chi connectivity index (χ1v) is 7.41. The van der Waals surface area contributed by atoms with E-state index in [4.69, 9.17) is 23.2 Å². The highest BCUT2D eigenvalue weighted by molar-refractivity contribution is 6.32. The van der Waals surface area contributed by atoms with E-state index in [9.17, 15) is 0 Å². The lowest BCUT2D eigenvalue weighted by Crippen LogP contribution is -2.05. The highest BCUT2D eigenvalue weighted by Gasteiger charge is 2.16. The molecule has 1 aromatic heterocycles. The maximum atomic E-state index is 6.22. The lowest BCUT2D eigenvalue weighted by molar-refractivity contribution is 0.816. The first-order valence-electron chi connectivity index (χ1n) is 6.65. The Morgan fingerprint density at radius 3 is 2.15 bits per heavy atom. The lowest BCUT2D eigenvalue weighted by Gasteiger charge is -2.14. The number of benzene rings is 1. The summed E-state index contributed by atoms with van der Waals surface area (Å²) in [5.41, 5.74) is 5.61. The van der Waals surface area contributed by atoms with Gasteiger partial charge in [-0.3, -0.25) is 0 Å². The second kappa shape index (κ2) is 6.11. The number of aromatic nitrogens is 2. The molecule has 2 nitrogen and oxygen atoms in total. The zero-order valence-corrected chi connectivity index (χ0v) is 13.7. The third-order valence-corrected chi connectivity index (χ3v) is 3.64. The molecule has 20 heavy (non-hydrogen) atoms. The molecule has 0 spiro atoms. The van der Waals surface area contributed by atoms with Crippen LogP contribution in [0.2, 0.25) is 10.4 Å². The topological polar surface area (TPSA) is 25.8 Å². The van der Waals surface area contributed by atoms with Gasteiger partial charge in [0, 0.05) is 12.0 Å². The van der Waals surface area contributed by atoms with Crippen LogP contribution in [0.3, 0.4) is 0 Å². The molecule has 0 unspecified atom stereocenters. The van der Waals surface area contributed by atoms with Crippen LogP contribution < -0.4 is 0 Å². The quantitative estimate of drug-likeness (QED) is 0.581. The minimum atomic E-state index is 0.207. The Morgan fingerprint density at radius 2 is 1.60 bits per heavy atom.